The predicted molar refractivity (Wildman–Crippen MR) is 113 cm³/mol. The molecule has 1 N–H and O–H groups in total. The summed E-state index contributed by atoms with van der Waals surface area (Å²) in [5, 5.41) is 11.7. The highest BCUT2D eigenvalue weighted by Crippen LogP contribution is 2.41. The van der Waals surface area contributed by atoms with E-state index in [1.165, 1.54) is 12.0 Å². The van der Waals surface area contributed by atoms with Gasteiger partial charge in [0.15, 0.2) is 11.5 Å². The van der Waals surface area contributed by atoms with Crippen LogP contribution in [-0.4, -0.2) is 51.5 Å². The Kier molecular flexibility index (Phi) is 4.63. The lowest BCUT2D eigenvalue weighted by Gasteiger charge is -2.44. The molecule has 1 aromatic carbocycles. The Morgan fingerprint density at radius 1 is 1.13 bits per heavy atom. The smallest absolute Gasteiger partial charge is 0.289 e. The van der Waals surface area contributed by atoms with Gasteiger partial charge in [0.2, 0.25) is 12.6 Å². The van der Waals surface area contributed by atoms with Gasteiger partial charge >= 0.3 is 0 Å². The molecule has 31 heavy (non-hydrogen) atoms. The van der Waals surface area contributed by atoms with Gasteiger partial charge in [-0.25, -0.2) is 0 Å². The molecule has 1 spiro atoms. The highest BCUT2D eigenvalue weighted by molar-refractivity contribution is 5.91. The molecule has 0 atom stereocenters. The number of hydrogen-bond acceptors (Lipinski definition) is 6. The summed E-state index contributed by atoms with van der Waals surface area (Å²) in [5.41, 5.74) is 1.51. The maximum atomic E-state index is 12.7. The van der Waals surface area contributed by atoms with Crippen LogP contribution < -0.4 is 14.8 Å². The minimum atomic E-state index is -0.0549. The molecule has 0 radical (unpaired) electrons. The molecule has 2 fully saturated rings. The van der Waals surface area contributed by atoms with Crippen LogP contribution in [0.2, 0.25) is 0 Å². The van der Waals surface area contributed by atoms with Crippen molar-refractivity contribution in [1.29, 1.82) is 0 Å². The Labute approximate surface area is 181 Å². The van der Waals surface area contributed by atoms with E-state index in [9.17, 15) is 4.79 Å². The topological polar surface area (TPSA) is 81.5 Å². The van der Waals surface area contributed by atoms with Gasteiger partial charge in [-0.15, -0.1) is 10.2 Å². The van der Waals surface area contributed by atoms with Crippen molar-refractivity contribution in [3.8, 4) is 11.5 Å². The predicted octanol–water partition coefficient (Wildman–Crippen LogP) is 2.52. The van der Waals surface area contributed by atoms with Crippen molar-refractivity contribution in [2.45, 2.75) is 64.1 Å². The third-order valence-corrected chi connectivity index (χ3v) is 7.60. The zero-order valence-corrected chi connectivity index (χ0v) is 17.8. The summed E-state index contributed by atoms with van der Waals surface area (Å²) in [6.45, 7) is 4.24. The van der Waals surface area contributed by atoms with Gasteiger partial charge in [-0.3, -0.25) is 9.69 Å². The highest BCUT2D eigenvalue weighted by Gasteiger charge is 2.40. The summed E-state index contributed by atoms with van der Waals surface area (Å²) >= 11 is 0. The first-order valence-electron chi connectivity index (χ1n) is 11.5. The fraction of sp³-hybridized carbons (Fsp3) is 0.609. The molecule has 0 unspecified atom stereocenters. The molecule has 1 saturated carbocycles. The Bertz CT molecular complexity index is 991. The minimum Gasteiger partial charge on any atom is -0.454 e. The molecule has 0 bridgehead atoms. The number of hydrogen-bond donors (Lipinski definition) is 1. The number of aryl methyl sites for hydroxylation is 1. The lowest BCUT2D eigenvalue weighted by molar-refractivity contribution is 0.0615. The van der Waals surface area contributed by atoms with E-state index in [0.29, 0.717) is 18.7 Å². The zero-order chi connectivity index (χ0) is 20.8. The van der Waals surface area contributed by atoms with E-state index in [4.69, 9.17) is 9.47 Å². The van der Waals surface area contributed by atoms with E-state index in [1.54, 1.807) is 0 Å². The van der Waals surface area contributed by atoms with E-state index >= 15 is 0 Å². The number of rotatable bonds is 4. The van der Waals surface area contributed by atoms with Gasteiger partial charge in [-0.2, -0.15) is 0 Å². The van der Waals surface area contributed by atoms with Crippen molar-refractivity contribution in [2.24, 2.45) is 5.41 Å². The first-order valence-corrected chi connectivity index (χ1v) is 11.5. The van der Waals surface area contributed by atoms with Crippen molar-refractivity contribution >= 4 is 5.91 Å². The molecule has 1 saturated heterocycles. The third-order valence-electron chi connectivity index (χ3n) is 7.60. The first kappa shape index (κ1) is 19.1. The fourth-order valence-corrected chi connectivity index (χ4v) is 5.34. The van der Waals surface area contributed by atoms with Crippen LogP contribution in [0.25, 0.3) is 0 Å². The number of carbonyl (C=O) groups excluding carboxylic acids is 1. The molecule has 6 rings (SSSR count). The number of amides is 1. The van der Waals surface area contributed by atoms with Crippen LogP contribution in [0.5, 0.6) is 11.5 Å². The highest BCUT2D eigenvalue weighted by atomic mass is 16.7. The van der Waals surface area contributed by atoms with Crippen molar-refractivity contribution in [2.75, 3.05) is 19.9 Å². The minimum absolute atomic E-state index is 0.0549. The third kappa shape index (κ3) is 3.56. The molecule has 4 heterocycles. The number of nitrogens with one attached hydrogen (secondary N) is 1. The first-order chi connectivity index (χ1) is 15.2. The maximum absolute atomic E-state index is 12.7. The monoisotopic (exact) mass is 423 g/mol. The summed E-state index contributed by atoms with van der Waals surface area (Å²) in [4.78, 5) is 15.2. The molecule has 164 valence electrons. The maximum Gasteiger partial charge on any atom is 0.289 e. The molecular formula is C23H29N5O3. The number of carbonyl (C=O) groups is 1. The Morgan fingerprint density at radius 3 is 2.77 bits per heavy atom. The summed E-state index contributed by atoms with van der Waals surface area (Å²) in [6, 6.07) is 6.56. The SMILES string of the molecule is O=C(NC1CCC1)c1nnc2n1CC1(CC2)CCN(Cc2ccc3c(c2)OCO3)CC1. The number of likely N-dealkylation sites (tertiary alicyclic amines) is 1. The normalized spacial score (nSPS) is 22.2. The lowest BCUT2D eigenvalue weighted by atomic mass is 9.73. The number of ether oxygens (including phenoxy) is 2. The van der Waals surface area contributed by atoms with Gasteiger partial charge < -0.3 is 19.4 Å². The second-order valence-electron chi connectivity index (χ2n) is 9.59. The average Bonchev–Trinajstić information content (AvgIpc) is 3.38. The van der Waals surface area contributed by atoms with Crippen LogP contribution in [-0.2, 0) is 19.5 Å². The number of benzene rings is 1. The molecule has 1 aromatic heterocycles. The summed E-state index contributed by atoms with van der Waals surface area (Å²) in [6.07, 6.45) is 7.68. The molecule has 8 nitrogen and oxygen atoms in total. The fourth-order valence-electron chi connectivity index (χ4n) is 5.34. The molecule has 4 aliphatic rings. The quantitative estimate of drug-likeness (QED) is 0.814. The standard InChI is InChI=1S/C23H29N5O3/c29-22(24-17-2-1-3-17)21-26-25-20-6-7-23(14-28(20)21)8-10-27(11-9-23)13-16-4-5-18-19(12-16)31-15-30-18/h4-5,12,17H,1-3,6-11,13-15H2,(H,24,29). The van der Waals surface area contributed by atoms with E-state index in [-0.39, 0.29) is 11.3 Å². The summed E-state index contributed by atoms with van der Waals surface area (Å²) in [7, 11) is 0. The number of fused-ring (bicyclic) bond motifs is 2. The van der Waals surface area contributed by atoms with Crippen LogP contribution in [0.15, 0.2) is 18.2 Å². The van der Waals surface area contributed by atoms with Crippen LogP contribution in [0, 0.1) is 5.41 Å². The van der Waals surface area contributed by atoms with E-state index in [1.807, 2.05) is 6.07 Å². The molecular weight excluding hydrogens is 394 g/mol. The van der Waals surface area contributed by atoms with E-state index in [0.717, 1.165) is 82.0 Å². The second kappa shape index (κ2) is 7.51. The second-order valence-corrected chi connectivity index (χ2v) is 9.59. The molecule has 8 heteroatoms. The Hall–Kier alpha value is -2.61. The average molecular weight is 424 g/mol. The van der Waals surface area contributed by atoms with E-state index < -0.39 is 0 Å². The summed E-state index contributed by atoms with van der Waals surface area (Å²) < 4.78 is 13.0. The van der Waals surface area contributed by atoms with Crippen LogP contribution in [0.3, 0.4) is 0 Å². The van der Waals surface area contributed by atoms with Crippen molar-refractivity contribution in [3.63, 3.8) is 0 Å². The molecule has 1 amide bonds. The molecule has 1 aliphatic carbocycles. The van der Waals surface area contributed by atoms with Crippen LogP contribution in [0.1, 0.15) is 60.5 Å². The van der Waals surface area contributed by atoms with Crippen LogP contribution in [0.4, 0.5) is 0 Å². The van der Waals surface area contributed by atoms with Crippen molar-refractivity contribution in [1.82, 2.24) is 25.0 Å². The van der Waals surface area contributed by atoms with Gasteiger partial charge in [0.1, 0.15) is 5.82 Å². The van der Waals surface area contributed by atoms with Gasteiger partial charge in [-0.1, -0.05) is 6.07 Å². The van der Waals surface area contributed by atoms with E-state index in [2.05, 4.69) is 37.1 Å². The lowest BCUT2D eigenvalue weighted by Crippen LogP contribution is -2.45. The summed E-state index contributed by atoms with van der Waals surface area (Å²) in [5.74, 6) is 3.10. The van der Waals surface area contributed by atoms with Crippen LogP contribution >= 0.6 is 0 Å². The Balaban J connectivity index is 1.10. The van der Waals surface area contributed by atoms with Gasteiger partial charge in [0.05, 0.1) is 0 Å². The molecule has 2 aromatic rings. The zero-order valence-electron chi connectivity index (χ0n) is 17.8. The number of piperidine rings is 1. The Morgan fingerprint density at radius 2 is 1.97 bits per heavy atom. The van der Waals surface area contributed by atoms with Gasteiger partial charge in [0.25, 0.3) is 5.91 Å². The van der Waals surface area contributed by atoms with Crippen molar-refractivity contribution < 1.29 is 14.3 Å². The number of aromatic nitrogens is 3. The number of nitrogens with zero attached hydrogens (tertiary/aromatic N) is 4. The van der Waals surface area contributed by atoms with Gasteiger partial charge in [0, 0.05) is 25.6 Å². The van der Waals surface area contributed by atoms with Crippen molar-refractivity contribution in [3.05, 3.63) is 35.4 Å². The largest absolute Gasteiger partial charge is 0.454 e. The van der Waals surface area contributed by atoms with Gasteiger partial charge in [-0.05, 0) is 74.7 Å². The molecule has 3 aliphatic heterocycles.